The van der Waals surface area contributed by atoms with Gasteiger partial charge >= 0.3 is 0 Å². The highest BCUT2D eigenvalue weighted by Gasteiger charge is 2.28. The van der Waals surface area contributed by atoms with Gasteiger partial charge < -0.3 is 15.4 Å². The zero-order valence-corrected chi connectivity index (χ0v) is 26.7. The first kappa shape index (κ1) is 28.0. The van der Waals surface area contributed by atoms with E-state index in [1.54, 1.807) is 0 Å². The predicted octanol–water partition coefficient (Wildman–Crippen LogP) is 10.8. The number of nitrogens with one attached hydrogen (secondary N) is 3. The molecule has 0 bridgehead atoms. The van der Waals surface area contributed by atoms with Crippen molar-refractivity contribution in [2.45, 2.75) is 18.4 Å². The van der Waals surface area contributed by atoms with Crippen molar-refractivity contribution in [3.63, 3.8) is 0 Å². The minimum Gasteiger partial charge on any atom is -0.464 e. The van der Waals surface area contributed by atoms with Gasteiger partial charge in [0.25, 0.3) is 0 Å². The number of hydrogen-bond acceptors (Lipinski definition) is 4. The Hall–Kier alpha value is -6.10. The van der Waals surface area contributed by atoms with Gasteiger partial charge in [-0.05, 0) is 84.7 Å². The Morgan fingerprint density at radius 3 is 1.96 bits per heavy atom. The van der Waals surface area contributed by atoms with Crippen LogP contribution in [0.5, 0.6) is 5.75 Å². The van der Waals surface area contributed by atoms with Crippen molar-refractivity contribution in [2.24, 2.45) is 0 Å². The molecular weight excluding hydrogens is 599 g/mol. The van der Waals surface area contributed by atoms with Gasteiger partial charge in [-0.2, -0.15) is 0 Å². The Balaban J connectivity index is 1.05. The highest BCUT2D eigenvalue weighted by molar-refractivity contribution is 6.13. The zero-order chi connectivity index (χ0) is 32.3. The van der Waals surface area contributed by atoms with E-state index in [4.69, 9.17) is 4.74 Å². The van der Waals surface area contributed by atoms with E-state index in [1.165, 1.54) is 54.4 Å². The van der Waals surface area contributed by atoms with E-state index in [9.17, 15) is 0 Å². The van der Waals surface area contributed by atoms with E-state index in [-0.39, 0.29) is 18.4 Å². The fraction of sp³-hybridized carbons (Fsp3) is 0.0667. The quantitative estimate of drug-likeness (QED) is 0.169. The molecule has 0 aliphatic carbocycles. The minimum atomic E-state index is -0.209. The van der Waals surface area contributed by atoms with Crippen molar-refractivity contribution in [3.05, 3.63) is 186 Å². The molecule has 0 aromatic heterocycles. The molecule has 234 valence electrons. The smallest absolute Gasteiger partial charge is 0.196 e. The lowest BCUT2D eigenvalue weighted by Gasteiger charge is -2.33. The average molecular weight is 632 g/mol. The van der Waals surface area contributed by atoms with Gasteiger partial charge in [0, 0.05) is 16.6 Å². The molecule has 2 aliphatic rings. The third-order valence-electron chi connectivity index (χ3n) is 10.1. The summed E-state index contributed by atoms with van der Waals surface area (Å²) in [6.45, 7) is 0. The van der Waals surface area contributed by atoms with Crippen LogP contribution in [0.15, 0.2) is 164 Å². The predicted molar refractivity (Wildman–Crippen MR) is 203 cm³/mol. The number of benzene rings is 8. The van der Waals surface area contributed by atoms with E-state index in [2.05, 4.69) is 174 Å². The number of anilines is 1. The third-order valence-corrected chi connectivity index (χ3v) is 10.1. The van der Waals surface area contributed by atoms with Gasteiger partial charge in [-0.3, -0.25) is 5.32 Å². The van der Waals surface area contributed by atoms with Crippen LogP contribution in [0.25, 0.3) is 48.8 Å². The van der Waals surface area contributed by atoms with Crippen LogP contribution in [-0.4, -0.2) is 0 Å². The molecule has 0 saturated heterocycles. The summed E-state index contributed by atoms with van der Waals surface area (Å²) in [7, 11) is 0. The summed E-state index contributed by atoms with van der Waals surface area (Å²) in [5.41, 5.74) is 6.85. The van der Waals surface area contributed by atoms with Crippen molar-refractivity contribution >= 4 is 54.5 Å². The van der Waals surface area contributed by atoms with E-state index in [0.29, 0.717) is 0 Å². The summed E-state index contributed by atoms with van der Waals surface area (Å²) in [6.07, 6.45) is 2.01. The van der Waals surface area contributed by atoms with Gasteiger partial charge in [-0.25, -0.2) is 0 Å². The van der Waals surface area contributed by atoms with E-state index >= 15 is 0 Å². The molecule has 4 heteroatoms. The molecule has 8 aromatic carbocycles. The molecule has 0 fully saturated rings. The molecule has 3 unspecified atom stereocenters. The van der Waals surface area contributed by atoms with Crippen LogP contribution in [0.3, 0.4) is 0 Å². The molecular formula is C45H33N3O. The number of hydrogen-bond donors (Lipinski definition) is 3. The lowest BCUT2D eigenvalue weighted by Crippen LogP contribution is -2.39. The van der Waals surface area contributed by atoms with E-state index in [0.717, 1.165) is 28.1 Å². The SMILES string of the molecule is C1=C(c2ccc3ccccc3c2)NC(c2ccc3c(ccc4ccc5c(c43)OC(c3ccccc3)N5)c2)NC1c1ccc2ccccc2c1. The molecule has 3 atom stereocenters. The van der Waals surface area contributed by atoms with Gasteiger partial charge in [-0.15, -0.1) is 0 Å². The van der Waals surface area contributed by atoms with E-state index < -0.39 is 0 Å². The molecule has 10 rings (SSSR count). The number of ether oxygens (including phenoxy) is 1. The molecule has 2 heterocycles. The molecule has 0 amide bonds. The lowest BCUT2D eigenvalue weighted by molar-refractivity contribution is 0.263. The van der Waals surface area contributed by atoms with Crippen molar-refractivity contribution in [1.82, 2.24) is 10.6 Å². The Morgan fingerprint density at radius 1 is 0.469 bits per heavy atom. The number of fused-ring (bicyclic) bond motifs is 7. The highest BCUT2D eigenvalue weighted by Crippen LogP contribution is 2.46. The number of rotatable bonds is 4. The lowest BCUT2D eigenvalue weighted by atomic mass is 9.94. The molecule has 0 spiro atoms. The van der Waals surface area contributed by atoms with Gasteiger partial charge in [0.1, 0.15) is 6.17 Å². The van der Waals surface area contributed by atoms with Crippen molar-refractivity contribution in [3.8, 4) is 5.75 Å². The zero-order valence-electron chi connectivity index (χ0n) is 26.7. The summed E-state index contributed by atoms with van der Waals surface area (Å²) >= 11 is 0. The molecule has 3 N–H and O–H groups in total. The molecule has 0 saturated carbocycles. The Morgan fingerprint density at radius 2 is 1.12 bits per heavy atom. The van der Waals surface area contributed by atoms with Crippen molar-refractivity contribution < 1.29 is 4.74 Å². The Kier molecular flexibility index (Phi) is 6.42. The largest absolute Gasteiger partial charge is 0.464 e. The average Bonchev–Trinajstić information content (AvgIpc) is 3.62. The van der Waals surface area contributed by atoms with Crippen LogP contribution in [0, 0.1) is 0 Å². The van der Waals surface area contributed by atoms with Crippen LogP contribution in [-0.2, 0) is 0 Å². The van der Waals surface area contributed by atoms with Gasteiger partial charge in [-0.1, -0.05) is 133 Å². The first-order valence-electron chi connectivity index (χ1n) is 16.9. The second kappa shape index (κ2) is 11.3. The molecule has 49 heavy (non-hydrogen) atoms. The van der Waals surface area contributed by atoms with Crippen molar-refractivity contribution in [2.75, 3.05) is 5.32 Å². The topological polar surface area (TPSA) is 45.3 Å². The van der Waals surface area contributed by atoms with Crippen LogP contribution in [0.1, 0.15) is 40.7 Å². The van der Waals surface area contributed by atoms with Crippen LogP contribution >= 0.6 is 0 Å². The van der Waals surface area contributed by atoms with Gasteiger partial charge in [0.2, 0.25) is 0 Å². The van der Waals surface area contributed by atoms with Crippen LogP contribution in [0.4, 0.5) is 5.69 Å². The standard InChI is InChI=1S/C45H33N3O/c1-2-10-31(11-3-1)45-48-39-23-21-30-16-17-34-26-37(20-22-38(34)42(30)43(39)49-45)44-46-40(35-18-14-28-8-4-6-12-32(28)24-35)27-41(47-44)36-19-15-29-9-5-7-13-33(29)25-36/h1-27,40,44-48H. The van der Waals surface area contributed by atoms with Crippen LogP contribution in [0.2, 0.25) is 0 Å². The molecule has 2 aliphatic heterocycles. The molecule has 8 aromatic rings. The third kappa shape index (κ3) is 4.88. The first-order valence-corrected chi connectivity index (χ1v) is 16.9. The Bertz CT molecular complexity index is 2590. The second-order valence-electron chi connectivity index (χ2n) is 13.1. The maximum absolute atomic E-state index is 6.60. The molecule has 0 radical (unpaired) electrons. The van der Waals surface area contributed by atoms with Crippen LogP contribution < -0.4 is 20.7 Å². The minimum absolute atomic E-state index is 0.0160. The maximum Gasteiger partial charge on any atom is 0.196 e. The fourth-order valence-corrected chi connectivity index (χ4v) is 7.57. The summed E-state index contributed by atoms with van der Waals surface area (Å²) in [6, 6.07) is 56.6. The normalized spacial score (nSPS) is 18.5. The summed E-state index contributed by atoms with van der Waals surface area (Å²) in [4.78, 5) is 0. The fourth-order valence-electron chi connectivity index (χ4n) is 7.57. The van der Waals surface area contributed by atoms with Gasteiger partial charge in [0.15, 0.2) is 12.0 Å². The van der Waals surface area contributed by atoms with Gasteiger partial charge in [0.05, 0.1) is 11.7 Å². The second-order valence-corrected chi connectivity index (χ2v) is 13.1. The first-order chi connectivity index (χ1) is 24.2. The summed E-state index contributed by atoms with van der Waals surface area (Å²) in [5.74, 6) is 0.913. The van der Waals surface area contributed by atoms with E-state index in [1.807, 2.05) is 6.07 Å². The highest BCUT2D eigenvalue weighted by atomic mass is 16.5. The maximum atomic E-state index is 6.60. The summed E-state index contributed by atoms with van der Waals surface area (Å²) in [5, 5.41) is 21.0. The Labute approximate surface area is 284 Å². The monoisotopic (exact) mass is 631 g/mol. The summed E-state index contributed by atoms with van der Waals surface area (Å²) < 4.78 is 6.60. The molecule has 4 nitrogen and oxygen atoms in total. The van der Waals surface area contributed by atoms with Crippen molar-refractivity contribution in [1.29, 1.82) is 0 Å².